The van der Waals surface area contributed by atoms with Crippen molar-refractivity contribution in [3.8, 4) is 0 Å². The number of nitrogens with zero attached hydrogens (tertiary/aromatic N) is 2. The van der Waals surface area contributed by atoms with Crippen LogP contribution >= 0.6 is 0 Å². The Hall–Kier alpha value is -4.52. The van der Waals surface area contributed by atoms with Crippen molar-refractivity contribution >= 4 is 40.0 Å². The second kappa shape index (κ2) is 10.4. The van der Waals surface area contributed by atoms with Crippen LogP contribution in [0.3, 0.4) is 0 Å². The third-order valence-electron chi connectivity index (χ3n) is 5.95. The molecule has 0 aliphatic rings. The lowest BCUT2D eigenvalue weighted by Crippen LogP contribution is -2.21. The molecule has 0 atom stereocenters. The van der Waals surface area contributed by atoms with Crippen molar-refractivity contribution < 1.29 is 19.1 Å². The van der Waals surface area contributed by atoms with Crippen molar-refractivity contribution in [2.75, 3.05) is 14.1 Å². The Bertz CT molecular complexity index is 1500. The SMILES string of the molecule is CC/C(=C(/c1ccc(/C=C/C(=O)O)cc1)c1ccc2[nH]ncc2c1)c1ccc(C(=O)N(C)C)cc1F. The summed E-state index contributed by atoms with van der Waals surface area (Å²) >= 11 is 0. The molecule has 0 bridgehead atoms. The van der Waals surface area contributed by atoms with Crippen LogP contribution in [0, 0.1) is 5.82 Å². The van der Waals surface area contributed by atoms with Crippen LogP contribution in [-0.4, -0.2) is 46.2 Å². The third kappa shape index (κ3) is 5.10. The molecular formula is C29H26FN3O3. The number of aromatic amines is 1. The Morgan fingerprint density at radius 1 is 1.00 bits per heavy atom. The Balaban J connectivity index is 1.91. The average molecular weight is 484 g/mol. The highest BCUT2D eigenvalue weighted by Gasteiger charge is 2.18. The Morgan fingerprint density at radius 3 is 2.33 bits per heavy atom. The van der Waals surface area contributed by atoms with Crippen molar-refractivity contribution in [1.82, 2.24) is 15.1 Å². The number of aromatic nitrogens is 2. The van der Waals surface area contributed by atoms with Gasteiger partial charge in [0, 0.05) is 36.7 Å². The summed E-state index contributed by atoms with van der Waals surface area (Å²) in [4.78, 5) is 24.6. The maximum Gasteiger partial charge on any atom is 0.328 e. The third-order valence-corrected chi connectivity index (χ3v) is 5.95. The zero-order chi connectivity index (χ0) is 25.8. The van der Waals surface area contributed by atoms with Crippen molar-refractivity contribution in [1.29, 1.82) is 0 Å². The van der Waals surface area contributed by atoms with Gasteiger partial charge in [0.05, 0.1) is 11.7 Å². The van der Waals surface area contributed by atoms with Crippen LogP contribution in [0.15, 0.2) is 72.9 Å². The van der Waals surface area contributed by atoms with Gasteiger partial charge in [-0.3, -0.25) is 9.89 Å². The molecule has 2 N–H and O–H groups in total. The molecule has 3 aromatic carbocycles. The van der Waals surface area contributed by atoms with Gasteiger partial charge in [0.25, 0.3) is 5.91 Å². The van der Waals surface area contributed by atoms with Gasteiger partial charge in [-0.2, -0.15) is 5.10 Å². The number of halogens is 1. The molecular weight excluding hydrogens is 457 g/mol. The van der Waals surface area contributed by atoms with Gasteiger partial charge in [-0.25, -0.2) is 9.18 Å². The van der Waals surface area contributed by atoms with E-state index in [1.807, 2.05) is 49.4 Å². The van der Waals surface area contributed by atoms with E-state index in [0.29, 0.717) is 12.0 Å². The Labute approximate surface area is 208 Å². The highest BCUT2D eigenvalue weighted by Crippen LogP contribution is 2.36. The van der Waals surface area contributed by atoms with Crippen molar-refractivity contribution in [3.63, 3.8) is 0 Å². The Morgan fingerprint density at radius 2 is 1.69 bits per heavy atom. The summed E-state index contributed by atoms with van der Waals surface area (Å²) in [7, 11) is 3.26. The fraction of sp³-hybridized carbons (Fsp3) is 0.138. The molecule has 0 unspecified atom stereocenters. The topological polar surface area (TPSA) is 86.3 Å². The largest absolute Gasteiger partial charge is 0.478 e. The zero-order valence-corrected chi connectivity index (χ0v) is 20.2. The maximum absolute atomic E-state index is 15.5. The molecule has 1 heterocycles. The lowest BCUT2D eigenvalue weighted by atomic mass is 9.87. The molecule has 1 aromatic heterocycles. The van der Waals surface area contributed by atoms with Gasteiger partial charge in [-0.15, -0.1) is 0 Å². The smallest absolute Gasteiger partial charge is 0.328 e. The number of carboxylic acids is 1. The molecule has 0 spiro atoms. The molecule has 1 amide bonds. The first kappa shape index (κ1) is 24.6. The van der Waals surface area contributed by atoms with E-state index in [-0.39, 0.29) is 11.5 Å². The minimum Gasteiger partial charge on any atom is -0.478 e. The zero-order valence-electron chi connectivity index (χ0n) is 20.2. The molecule has 182 valence electrons. The number of allylic oxidation sites excluding steroid dienone is 1. The van der Waals surface area contributed by atoms with Gasteiger partial charge in [-0.1, -0.05) is 43.3 Å². The highest BCUT2D eigenvalue weighted by molar-refractivity contribution is 6.01. The molecule has 0 fully saturated rings. The first-order valence-corrected chi connectivity index (χ1v) is 11.5. The number of nitrogens with one attached hydrogen (secondary N) is 1. The summed E-state index contributed by atoms with van der Waals surface area (Å²) in [5, 5.41) is 16.9. The molecule has 4 rings (SSSR count). The van der Waals surface area contributed by atoms with Crippen molar-refractivity contribution in [2.24, 2.45) is 0 Å². The lowest BCUT2D eigenvalue weighted by molar-refractivity contribution is -0.131. The predicted molar refractivity (Wildman–Crippen MR) is 140 cm³/mol. The van der Waals surface area contributed by atoms with Gasteiger partial charge >= 0.3 is 5.97 Å². The summed E-state index contributed by atoms with van der Waals surface area (Å²) in [6, 6.07) is 17.9. The van der Waals surface area contributed by atoms with Gasteiger partial charge < -0.3 is 10.0 Å². The molecule has 4 aromatic rings. The number of carbonyl (C=O) groups excluding carboxylic acids is 1. The molecule has 36 heavy (non-hydrogen) atoms. The molecule has 0 aliphatic carbocycles. The number of hydrogen-bond acceptors (Lipinski definition) is 3. The van der Waals surface area contributed by atoms with Gasteiger partial charge in [0.1, 0.15) is 5.82 Å². The maximum atomic E-state index is 15.5. The first-order chi connectivity index (χ1) is 17.3. The number of benzene rings is 3. The molecule has 0 aliphatic heterocycles. The van der Waals surface area contributed by atoms with E-state index < -0.39 is 11.8 Å². The van der Waals surface area contributed by atoms with E-state index in [4.69, 9.17) is 5.11 Å². The summed E-state index contributed by atoms with van der Waals surface area (Å²) in [5.74, 6) is -1.76. The van der Waals surface area contributed by atoms with E-state index in [2.05, 4.69) is 10.2 Å². The summed E-state index contributed by atoms with van der Waals surface area (Å²) in [6.07, 6.45) is 4.89. The van der Waals surface area contributed by atoms with E-state index in [1.54, 1.807) is 32.4 Å². The van der Waals surface area contributed by atoms with E-state index >= 15 is 4.39 Å². The minimum absolute atomic E-state index is 0.266. The summed E-state index contributed by atoms with van der Waals surface area (Å²) in [5.41, 5.74) is 5.72. The first-order valence-electron chi connectivity index (χ1n) is 11.5. The molecule has 7 heteroatoms. The predicted octanol–water partition coefficient (Wildman–Crippen LogP) is 5.87. The minimum atomic E-state index is -1.02. The number of rotatable bonds is 7. The number of hydrogen-bond donors (Lipinski definition) is 2. The van der Waals surface area contributed by atoms with Gasteiger partial charge in [0.2, 0.25) is 0 Å². The lowest BCUT2D eigenvalue weighted by Gasteiger charge is -2.18. The van der Waals surface area contributed by atoms with Gasteiger partial charge in [0.15, 0.2) is 0 Å². The van der Waals surface area contributed by atoms with Crippen LogP contribution in [0.4, 0.5) is 4.39 Å². The monoisotopic (exact) mass is 483 g/mol. The number of amides is 1. The van der Waals surface area contributed by atoms with Crippen molar-refractivity contribution in [2.45, 2.75) is 13.3 Å². The number of fused-ring (bicyclic) bond motifs is 1. The van der Waals surface area contributed by atoms with Crippen LogP contribution < -0.4 is 0 Å². The quantitative estimate of drug-likeness (QED) is 0.254. The van der Waals surface area contributed by atoms with Crippen LogP contribution in [0.2, 0.25) is 0 Å². The van der Waals surface area contributed by atoms with E-state index in [0.717, 1.165) is 44.8 Å². The molecule has 6 nitrogen and oxygen atoms in total. The standard InChI is InChI=1S/C29H26FN3O3/c1-4-23(24-12-10-21(16-25(24)30)29(36)33(2)3)28(20-11-13-26-22(15-20)17-31-32-26)19-8-5-18(6-9-19)7-14-27(34)35/h5-17H,4H2,1-3H3,(H,31,32)(H,34,35)/b14-7+,28-23+. The van der Waals surface area contributed by atoms with Crippen LogP contribution in [0.25, 0.3) is 28.1 Å². The van der Waals surface area contributed by atoms with Gasteiger partial charge in [-0.05, 0) is 64.6 Å². The fourth-order valence-corrected chi connectivity index (χ4v) is 4.19. The Kier molecular flexibility index (Phi) is 7.10. The highest BCUT2D eigenvalue weighted by atomic mass is 19.1. The average Bonchev–Trinajstić information content (AvgIpc) is 3.34. The number of carboxylic acid groups (broad SMARTS) is 1. The second-order valence-corrected chi connectivity index (χ2v) is 8.57. The fourth-order valence-electron chi connectivity index (χ4n) is 4.19. The summed E-state index contributed by atoms with van der Waals surface area (Å²) < 4.78 is 15.5. The molecule has 0 radical (unpaired) electrons. The van der Waals surface area contributed by atoms with Crippen molar-refractivity contribution in [3.05, 3.63) is 107 Å². The molecule has 0 saturated heterocycles. The summed E-state index contributed by atoms with van der Waals surface area (Å²) in [6.45, 7) is 1.97. The number of aliphatic carboxylic acids is 1. The van der Waals surface area contributed by atoms with Crippen LogP contribution in [0.1, 0.15) is 46.0 Å². The number of H-pyrrole nitrogens is 1. The number of carbonyl (C=O) groups is 2. The van der Waals surface area contributed by atoms with Crippen LogP contribution in [-0.2, 0) is 4.79 Å². The molecule has 0 saturated carbocycles. The van der Waals surface area contributed by atoms with E-state index in [9.17, 15) is 9.59 Å². The second-order valence-electron chi connectivity index (χ2n) is 8.57. The van der Waals surface area contributed by atoms with E-state index in [1.165, 1.54) is 17.0 Å². The van der Waals surface area contributed by atoms with Crippen LogP contribution in [0.5, 0.6) is 0 Å². The normalized spacial score (nSPS) is 12.1.